The van der Waals surface area contributed by atoms with Crippen molar-refractivity contribution in [2.45, 2.75) is 32.6 Å². The zero-order valence-electron chi connectivity index (χ0n) is 13.8. The third-order valence-corrected chi connectivity index (χ3v) is 4.27. The van der Waals surface area contributed by atoms with Crippen LogP contribution in [0.15, 0.2) is 36.4 Å². The SMILES string of the molecule is Cc1cc(OCCCC2CCCNC2)nc(-c2ccccc2)n1. The second kappa shape index (κ2) is 8.06. The number of nitrogens with zero attached hydrogens (tertiary/aromatic N) is 2. The molecule has 2 heterocycles. The molecule has 122 valence electrons. The minimum absolute atomic E-state index is 0.679. The third kappa shape index (κ3) is 4.76. The maximum atomic E-state index is 5.87. The molecule has 1 unspecified atom stereocenters. The largest absolute Gasteiger partial charge is 0.478 e. The van der Waals surface area contributed by atoms with Gasteiger partial charge in [0, 0.05) is 17.3 Å². The zero-order valence-corrected chi connectivity index (χ0v) is 13.8. The van der Waals surface area contributed by atoms with E-state index >= 15 is 0 Å². The molecule has 1 aromatic heterocycles. The van der Waals surface area contributed by atoms with Crippen molar-refractivity contribution in [1.29, 1.82) is 0 Å². The van der Waals surface area contributed by atoms with Gasteiger partial charge in [-0.2, -0.15) is 4.98 Å². The summed E-state index contributed by atoms with van der Waals surface area (Å²) < 4.78 is 5.87. The summed E-state index contributed by atoms with van der Waals surface area (Å²) >= 11 is 0. The Morgan fingerprint density at radius 3 is 2.87 bits per heavy atom. The van der Waals surface area contributed by atoms with Crippen molar-refractivity contribution in [3.05, 3.63) is 42.1 Å². The number of ether oxygens (including phenoxy) is 1. The molecule has 0 bridgehead atoms. The number of benzene rings is 1. The highest BCUT2D eigenvalue weighted by atomic mass is 16.5. The lowest BCUT2D eigenvalue weighted by atomic mass is 9.95. The molecule has 0 saturated carbocycles. The van der Waals surface area contributed by atoms with Crippen LogP contribution < -0.4 is 10.1 Å². The van der Waals surface area contributed by atoms with Crippen LogP contribution >= 0.6 is 0 Å². The first kappa shape index (κ1) is 15.9. The highest BCUT2D eigenvalue weighted by Gasteiger charge is 2.12. The molecule has 4 nitrogen and oxygen atoms in total. The van der Waals surface area contributed by atoms with Crippen molar-refractivity contribution >= 4 is 0 Å². The fourth-order valence-corrected chi connectivity index (χ4v) is 3.05. The summed E-state index contributed by atoms with van der Waals surface area (Å²) in [5.74, 6) is 2.22. The number of hydrogen-bond acceptors (Lipinski definition) is 4. The topological polar surface area (TPSA) is 47.0 Å². The fourth-order valence-electron chi connectivity index (χ4n) is 3.05. The second-order valence-electron chi connectivity index (χ2n) is 6.24. The van der Waals surface area contributed by atoms with E-state index in [0.29, 0.717) is 5.88 Å². The van der Waals surface area contributed by atoms with Gasteiger partial charge in [0.2, 0.25) is 5.88 Å². The number of piperidine rings is 1. The molecule has 3 rings (SSSR count). The average molecular weight is 311 g/mol. The van der Waals surface area contributed by atoms with E-state index in [1.807, 2.05) is 43.3 Å². The van der Waals surface area contributed by atoms with Gasteiger partial charge in [-0.25, -0.2) is 4.98 Å². The Hall–Kier alpha value is -1.94. The number of nitrogens with one attached hydrogen (secondary N) is 1. The van der Waals surface area contributed by atoms with E-state index in [-0.39, 0.29) is 0 Å². The normalized spacial score (nSPS) is 17.9. The first-order chi connectivity index (χ1) is 11.3. The van der Waals surface area contributed by atoms with Crippen molar-refractivity contribution in [3.63, 3.8) is 0 Å². The molecule has 4 heteroatoms. The summed E-state index contributed by atoms with van der Waals surface area (Å²) in [4.78, 5) is 9.05. The van der Waals surface area contributed by atoms with Crippen LogP contribution in [0.5, 0.6) is 5.88 Å². The quantitative estimate of drug-likeness (QED) is 0.828. The number of rotatable bonds is 6. The van der Waals surface area contributed by atoms with Crippen molar-refractivity contribution in [2.75, 3.05) is 19.7 Å². The van der Waals surface area contributed by atoms with Gasteiger partial charge in [0.1, 0.15) is 0 Å². The van der Waals surface area contributed by atoms with Gasteiger partial charge in [-0.05, 0) is 51.6 Å². The molecule has 23 heavy (non-hydrogen) atoms. The van der Waals surface area contributed by atoms with Gasteiger partial charge in [0.25, 0.3) is 0 Å². The van der Waals surface area contributed by atoms with Crippen LogP contribution in [-0.2, 0) is 0 Å². The molecule has 0 amide bonds. The fraction of sp³-hybridized carbons (Fsp3) is 0.474. The molecule has 1 N–H and O–H groups in total. The molecule has 0 spiro atoms. The molecule has 0 aliphatic carbocycles. The van der Waals surface area contributed by atoms with Gasteiger partial charge in [-0.3, -0.25) is 0 Å². The van der Waals surface area contributed by atoms with E-state index in [1.165, 1.54) is 25.8 Å². The summed E-state index contributed by atoms with van der Waals surface area (Å²) in [5.41, 5.74) is 1.96. The van der Waals surface area contributed by atoms with Crippen LogP contribution in [-0.4, -0.2) is 29.7 Å². The second-order valence-corrected chi connectivity index (χ2v) is 6.24. The predicted molar refractivity (Wildman–Crippen MR) is 92.5 cm³/mol. The molecule has 1 saturated heterocycles. The molecule has 1 aromatic carbocycles. The van der Waals surface area contributed by atoms with E-state index in [0.717, 1.165) is 42.6 Å². The highest BCUT2D eigenvalue weighted by Crippen LogP contribution is 2.20. The van der Waals surface area contributed by atoms with Gasteiger partial charge < -0.3 is 10.1 Å². The molecule has 2 aromatic rings. The molecule has 1 aliphatic heterocycles. The monoisotopic (exact) mass is 311 g/mol. The molecule has 1 atom stereocenters. The minimum atomic E-state index is 0.679. The lowest BCUT2D eigenvalue weighted by Crippen LogP contribution is -2.29. The van der Waals surface area contributed by atoms with E-state index < -0.39 is 0 Å². The van der Waals surface area contributed by atoms with Gasteiger partial charge in [-0.1, -0.05) is 30.3 Å². The smallest absolute Gasteiger partial charge is 0.217 e. The summed E-state index contributed by atoms with van der Waals surface area (Å²) in [6.07, 6.45) is 4.95. The maximum absolute atomic E-state index is 5.87. The van der Waals surface area contributed by atoms with E-state index in [9.17, 15) is 0 Å². The Labute approximate surface area is 138 Å². The molecular formula is C19H25N3O. The number of aryl methyl sites for hydroxylation is 1. The standard InChI is InChI=1S/C19H25N3O/c1-15-13-18(22-19(21-15)17-9-3-2-4-10-17)23-12-6-8-16-7-5-11-20-14-16/h2-4,9-10,13,16,20H,5-8,11-12,14H2,1H3. The lowest BCUT2D eigenvalue weighted by molar-refractivity contribution is 0.268. The first-order valence-corrected chi connectivity index (χ1v) is 8.56. The van der Waals surface area contributed by atoms with E-state index in [1.54, 1.807) is 0 Å². The summed E-state index contributed by atoms with van der Waals surface area (Å²) in [5, 5.41) is 3.47. The van der Waals surface area contributed by atoms with Gasteiger partial charge >= 0.3 is 0 Å². The Morgan fingerprint density at radius 2 is 2.09 bits per heavy atom. The van der Waals surface area contributed by atoms with Gasteiger partial charge in [0.15, 0.2) is 5.82 Å². The summed E-state index contributed by atoms with van der Waals surface area (Å²) in [6, 6.07) is 12.0. The van der Waals surface area contributed by atoms with Crippen molar-refractivity contribution in [2.24, 2.45) is 5.92 Å². The Bertz CT molecular complexity index is 609. The van der Waals surface area contributed by atoms with E-state index in [4.69, 9.17) is 4.74 Å². The Kier molecular flexibility index (Phi) is 5.59. The third-order valence-electron chi connectivity index (χ3n) is 4.27. The number of aromatic nitrogens is 2. The predicted octanol–water partition coefficient (Wildman–Crippen LogP) is 3.61. The van der Waals surface area contributed by atoms with Crippen LogP contribution in [0.2, 0.25) is 0 Å². The minimum Gasteiger partial charge on any atom is -0.478 e. The van der Waals surface area contributed by atoms with Crippen LogP contribution in [0, 0.1) is 12.8 Å². The molecular weight excluding hydrogens is 286 g/mol. The molecule has 0 radical (unpaired) electrons. The van der Waals surface area contributed by atoms with Crippen LogP contribution in [0.4, 0.5) is 0 Å². The average Bonchev–Trinajstić information content (AvgIpc) is 2.60. The van der Waals surface area contributed by atoms with E-state index in [2.05, 4.69) is 15.3 Å². The van der Waals surface area contributed by atoms with Gasteiger partial charge in [0.05, 0.1) is 6.61 Å². The lowest BCUT2D eigenvalue weighted by Gasteiger charge is -2.22. The summed E-state index contributed by atoms with van der Waals surface area (Å²) in [6.45, 7) is 5.04. The highest BCUT2D eigenvalue weighted by molar-refractivity contribution is 5.55. The number of hydrogen-bond donors (Lipinski definition) is 1. The van der Waals surface area contributed by atoms with Crippen molar-refractivity contribution in [3.8, 4) is 17.3 Å². The van der Waals surface area contributed by atoms with Gasteiger partial charge in [-0.15, -0.1) is 0 Å². The van der Waals surface area contributed by atoms with Crippen LogP contribution in [0.25, 0.3) is 11.4 Å². The van der Waals surface area contributed by atoms with Crippen molar-refractivity contribution < 1.29 is 4.74 Å². The van der Waals surface area contributed by atoms with Crippen LogP contribution in [0.3, 0.4) is 0 Å². The van der Waals surface area contributed by atoms with Crippen LogP contribution in [0.1, 0.15) is 31.4 Å². The summed E-state index contributed by atoms with van der Waals surface area (Å²) in [7, 11) is 0. The van der Waals surface area contributed by atoms with Crippen molar-refractivity contribution in [1.82, 2.24) is 15.3 Å². The first-order valence-electron chi connectivity index (χ1n) is 8.56. The zero-order chi connectivity index (χ0) is 15.9. The molecule has 1 fully saturated rings. The Balaban J connectivity index is 1.54. The Morgan fingerprint density at radius 1 is 1.22 bits per heavy atom. The molecule has 1 aliphatic rings. The maximum Gasteiger partial charge on any atom is 0.217 e.